The summed E-state index contributed by atoms with van der Waals surface area (Å²) < 4.78 is 37.3. The normalized spacial score (nSPS) is 20.1. The largest absolute Gasteiger partial charge is 0.416 e. The van der Waals surface area contributed by atoms with Crippen molar-refractivity contribution in [3.05, 3.63) is 29.8 Å². The Kier molecular flexibility index (Phi) is 4.72. The molecule has 2 amide bonds. The summed E-state index contributed by atoms with van der Waals surface area (Å²) in [6, 6.07) is 3.97. The Bertz CT molecular complexity index is 481. The molecule has 2 atom stereocenters. The number of hydrogen-bond donors (Lipinski definition) is 3. The fraction of sp³-hybridized carbons (Fsp3) is 0.500. The van der Waals surface area contributed by atoms with Crippen molar-refractivity contribution in [1.82, 2.24) is 10.6 Å². The fourth-order valence-electron chi connectivity index (χ4n) is 2.34. The molecule has 1 saturated heterocycles. The zero-order valence-electron chi connectivity index (χ0n) is 11.6. The minimum absolute atomic E-state index is 0.00875. The topological polar surface area (TPSA) is 53.2 Å². The number of amides is 2. The predicted molar refractivity (Wildman–Crippen MR) is 74.0 cm³/mol. The Balaban J connectivity index is 1.87. The Morgan fingerprint density at radius 3 is 2.52 bits per heavy atom. The first-order valence-corrected chi connectivity index (χ1v) is 6.82. The number of anilines is 1. The van der Waals surface area contributed by atoms with Crippen LogP contribution in [-0.2, 0) is 6.18 Å². The van der Waals surface area contributed by atoms with Gasteiger partial charge in [-0.2, -0.15) is 13.2 Å². The highest BCUT2D eigenvalue weighted by atomic mass is 19.4. The van der Waals surface area contributed by atoms with Crippen LogP contribution in [0.1, 0.15) is 18.9 Å². The van der Waals surface area contributed by atoms with Crippen LogP contribution in [0.15, 0.2) is 24.3 Å². The van der Waals surface area contributed by atoms with Gasteiger partial charge in [-0.25, -0.2) is 4.79 Å². The van der Waals surface area contributed by atoms with Gasteiger partial charge in [-0.05, 0) is 56.6 Å². The Morgan fingerprint density at radius 1 is 1.33 bits per heavy atom. The fourth-order valence-corrected chi connectivity index (χ4v) is 2.34. The average molecular weight is 301 g/mol. The summed E-state index contributed by atoms with van der Waals surface area (Å²) in [6.07, 6.45) is -3.37. The third kappa shape index (κ3) is 4.35. The summed E-state index contributed by atoms with van der Waals surface area (Å²) in [6.45, 7) is 3.73. The van der Waals surface area contributed by atoms with Gasteiger partial charge in [-0.1, -0.05) is 0 Å². The highest BCUT2D eigenvalue weighted by Gasteiger charge is 2.30. The van der Waals surface area contributed by atoms with E-state index in [4.69, 9.17) is 0 Å². The molecular weight excluding hydrogens is 283 g/mol. The second-order valence-electron chi connectivity index (χ2n) is 5.22. The van der Waals surface area contributed by atoms with Crippen molar-refractivity contribution in [2.45, 2.75) is 25.6 Å². The molecule has 4 nitrogen and oxygen atoms in total. The summed E-state index contributed by atoms with van der Waals surface area (Å²) in [7, 11) is 0. The van der Waals surface area contributed by atoms with E-state index in [2.05, 4.69) is 16.0 Å². The maximum atomic E-state index is 12.4. The molecule has 0 saturated carbocycles. The van der Waals surface area contributed by atoms with Crippen LogP contribution in [0.5, 0.6) is 0 Å². The number of carbonyl (C=O) groups is 1. The van der Waals surface area contributed by atoms with Crippen LogP contribution in [0, 0.1) is 5.92 Å². The van der Waals surface area contributed by atoms with Gasteiger partial charge in [0.15, 0.2) is 0 Å². The van der Waals surface area contributed by atoms with E-state index in [0.29, 0.717) is 11.6 Å². The molecule has 1 aromatic rings. The van der Waals surface area contributed by atoms with Gasteiger partial charge >= 0.3 is 12.2 Å². The van der Waals surface area contributed by atoms with Crippen LogP contribution >= 0.6 is 0 Å². The Labute approximate surface area is 121 Å². The molecule has 0 bridgehead atoms. The monoisotopic (exact) mass is 301 g/mol. The number of alkyl halides is 3. The number of rotatable bonds is 3. The quantitative estimate of drug-likeness (QED) is 0.804. The first kappa shape index (κ1) is 15.6. The van der Waals surface area contributed by atoms with Gasteiger partial charge in [0.2, 0.25) is 0 Å². The van der Waals surface area contributed by atoms with Crippen LogP contribution in [0.3, 0.4) is 0 Å². The van der Waals surface area contributed by atoms with Crippen molar-refractivity contribution < 1.29 is 18.0 Å². The molecule has 0 spiro atoms. The van der Waals surface area contributed by atoms with Gasteiger partial charge < -0.3 is 16.0 Å². The van der Waals surface area contributed by atoms with Crippen molar-refractivity contribution in [3.63, 3.8) is 0 Å². The minimum Gasteiger partial charge on any atom is -0.335 e. The SMILES string of the molecule is CC(NC(=O)Nc1ccc(C(F)(F)F)cc1)C1CCNC1. The Hall–Kier alpha value is -1.76. The maximum absolute atomic E-state index is 12.4. The lowest BCUT2D eigenvalue weighted by molar-refractivity contribution is -0.137. The van der Waals surface area contributed by atoms with E-state index in [1.165, 1.54) is 12.1 Å². The highest BCUT2D eigenvalue weighted by molar-refractivity contribution is 5.89. The molecule has 0 aliphatic carbocycles. The number of hydrogen-bond acceptors (Lipinski definition) is 2. The molecule has 1 aliphatic heterocycles. The van der Waals surface area contributed by atoms with Crippen molar-refractivity contribution in [2.24, 2.45) is 5.92 Å². The Morgan fingerprint density at radius 2 is 2.00 bits per heavy atom. The molecular formula is C14H18F3N3O. The third-order valence-corrected chi connectivity index (χ3v) is 3.63. The number of nitrogens with one attached hydrogen (secondary N) is 3. The molecule has 3 N–H and O–H groups in total. The van der Waals surface area contributed by atoms with Gasteiger partial charge in [0.05, 0.1) is 5.56 Å². The number of halogens is 3. The lowest BCUT2D eigenvalue weighted by Crippen LogP contribution is -2.41. The van der Waals surface area contributed by atoms with E-state index in [-0.39, 0.29) is 6.04 Å². The molecule has 1 aliphatic rings. The summed E-state index contributed by atoms with van der Waals surface area (Å²) >= 11 is 0. The van der Waals surface area contributed by atoms with Crippen molar-refractivity contribution in [1.29, 1.82) is 0 Å². The van der Waals surface area contributed by atoms with Crippen LogP contribution < -0.4 is 16.0 Å². The van der Waals surface area contributed by atoms with E-state index in [1.807, 2.05) is 6.92 Å². The molecule has 2 unspecified atom stereocenters. The standard InChI is InChI=1S/C14H18F3N3O/c1-9(10-6-7-18-8-10)19-13(21)20-12-4-2-11(3-5-12)14(15,16)17/h2-5,9-10,18H,6-8H2,1H3,(H2,19,20,21). The van der Waals surface area contributed by atoms with Crippen LogP contribution in [0.4, 0.5) is 23.7 Å². The van der Waals surface area contributed by atoms with Crippen molar-refractivity contribution in [2.75, 3.05) is 18.4 Å². The van der Waals surface area contributed by atoms with Crippen molar-refractivity contribution >= 4 is 11.7 Å². The average Bonchev–Trinajstić information content (AvgIpc) is 2.92. The molecule has 21 heavy (non-hydrogen) atoms. The number of carbonyl (C=O) groups excluding carboxylic acids is 1. The number of urea groups is 1. The van der Waals surface area contributed by atoms with Crippen LogP contribution in [0.25, 0.3) is 0 Å². The lowest BCUT2D eigenvalue weighted by Gasteiger charge is -2.20. The summed E-state index contributed by atoms with van der Waals surface area (Å²) in [5, 5.41) is 8.56. The van der Waals surface area contributed by atoms with Crippen LogP contribution in [-0.4, -0.2) is 25.2 Å². The molecule has 1 aromatic carbocycles. The van der Waals surface area contributed by atoms with Gasteiger partial charge in [-0.3, -0.25) is 0 Å². The van der Waals surface area contributed by atoms with E-state index in [9.17, 15) is 18.0 Å². The second kappa shape index (κ2) is 6.34. The van der Waals surface area contributed by atoms with Gasteiger partial charge in [-0.15, -0.1) is 0 Å². The van der Waals surface area contributed by atoms with Gasteiger partial charge in [0.25, 0.3) is 0 Å². The smallest absolute Gasteiger partial charge is 0.335 e. The third-order valence-electron chi connectivity index (χ3n) is 3.63. The first-order valence-electron chi connectivity index (χ1n) is 6.82. The molecule has 1 fully saturated rings. The molecule has 7 heteroatoms. The molecule has 0 aromatic heterocycles. The summed E-state index contributed by atoms with van der Waals surface area (Å²) in [5.74, 6) is 0.378. The molecule has 2 rings (SSSR count). The van der Waals surface area contributed by atoms with E-state index in [1.54, 1.807) is 0 Å². The maximum Gasteiger partial charge on any atom is 0.416 e. The van der Waals surface area contributed by atoms with Gasteiger partial charge in [0.1, 0.15) is 0 Å². The molecule has 116 valence electrons. The van der Waals surface area contributed by atoms with E-state index in [0.717, 1.165) is 31.6 Å². The van der Waals surface area contributed by atoms with E-state index >= 15 is 0 Å². The molecule has 1 heterocycles. The summed E-state index contributed by atoms with van der Waals surface area (Å²) in [5.41, 5.74) is -0.406. The number of benzene rings is 1. The predicted octanol–water partition coefficient (Wildman–Crippen LogP) is 2.82. The summed E-state index contributed by atoms with van der Waals surface area (Å²) in [4.78, 5) is 11.8. The zero-order chi connectivity index (χ0) is 15.5. The van der Waals surface area contributed by atoms with Crippen molar-refractivity contribution in [3.8, 4) is 0 Å². The first-order chi connectivity index (χ1) is 9.86. The lowest BCUT2D eigenvalue weighted by atomic mass is 10.0. The highest BCUT2D eigenvalue weighted by Crippen LogP contribution is 2.29. The minimum atomic E-state index is -4.37. The zero-order valence-corrected chi connectivity index (χ0v) is 11.6. The van der Waals surface area contributed by atoms with Gasteiger partial charge in [0, 0.05) is 11.7 Å². The van der Waals surface area contributed by atoms with Crippen LogP contribution in [0.2, 0.25) is 0 Å². The van der Waals surface area contributed by atoms with E-state index < -0.39 is 17.8 Å². The molecule has 0 radical (unpaired) electrons. The second-order valence-corrected chi connectivity index (χ2v) is 5.22.